The van der Waals surface area contributed by atoms with E-state index in [1.54, 1.807) is 42.5 Å². The van der Waals surface area contributed by atoms with E-state index in [9.17, 15) is 12.8 Å². The van der Waals surface area contributed by atoms with Gasteiger partial charge in [-0.1, -0.05) is 30.3 Å². The summed E-state index contributed by atoms with van der Waals surface area (Å²) in [5, 5.41) is 3.06. The van der Waals surface area contributed by atoms with Gasteiger partial charge in [0.1, 0.15) is 5.75 Å². The highest BCUT2D eigenvalue weighted by Crippen LogP contribution is 2.27. The monoisotopic (exact) mass is 423 g/mol. The van der Waals surface area contributed by atoms with Crippen molar-refractivity contribution >= 4 is 32.4 Å². The molecule has 1 N–H and O–H groups in total. The molecule has 0 amide bonds. The summed E-state index contributed by atoms with van der Waals surface area (Å²) in [6.07, 6.45) is 0. The maximum Gasteiger partial charge on any atom is 0.184 e. The molecule has 0 fully saturated rings. The van der Waals surface area contributed by atoms with Crippen LogP contribution in [0.2, 0.25) is 0 Å². The van der Waals surface area contributed by atoms with Crippen LogP contribution in [0.15, 0.2) is 77.7 Å². The van der Waals surface area contributed by atoms with Crippen molar-refractivity contribution in [3.63, 3.8) is 0 Å². The topological polar surface area (TPSA) is 81.2 Å². The SMILES string of the molecule is COc1cc(Nc2nc3ccccc3nc2CS(=O)(=O)c2ccccc2)ccc1F. The average Bonchev–Trinajstić information content (AvgIpc) is 2.76. The summed E-state index contributed by atoms with van der Waals surface area (Å²) >= 11 is 0. The van der Waals surface area contributed by atoms with E-state index in [-0.39, 0.29) is 27.9 Å². The molecule has 8 heteroatoms. The van der Waals surface area contributed by atoms with Crippen LogP contribution in [0.5, 0.6) is 5.75 Å². The van der Waals surface area contributed by atoms with Gasteiger partial charge in [-0.3, -0.25) is 0 Å². The van der Waals surface area contributed by atoms with Gasteiger partial charge in [0.25, 0.3) is 0 Å². The van der Waals surface area contributed by atoms with Crippen molar-refractivity contribution in [1.29, 1.82) is 0 Å². The van der Waals surface area contributed by atoms with E-state index in [1.807, 2.05) is 12.1 Å². The highest BCUT2D eigenvalue weighted by molar-refractivity contribution is 7.90. The second kappa shape index (κ2) is 8.08. The molecular formula is C22H18FN3O3S. The Morgan fingerprint density at radius 2 is 1.60 bits per heavy atom. The molecule has 0 aliphatic heterocycles. The van der Waals surface area contributed by atoms with Crippen LogP contribution < -0.4 is 10.1 Å². The molecule has 0 saturated carbocycles. The number of ether oxygens (including phenoxy) is 1. The lowest BCUT2D eigenvalue weighted by Crippen LogP contribution is -2.10. The Kier molecular flexibility index (Phi) is 5.33. The van der Waals surface area contributed by atoms with E-state index >= 15 is 0 Å². The van der Waals surface area contributed by atoms with Gasteiger partial charge in [-0.25, -0.2) is 22.8 Å². The first kappa shape index (κ1) is 19.8. The van der Waals surface area contributed by atoms with Crippen molar-refractivity contribution < 1.29 is 17.5 Å². The van der Waals surface area contributed by atoms with Crippen LogP contribution in [0.3, 0.4) is 0 Å². The summed E-state index contributed by atoms with van der Waals surface area (Å²) in [6, 6.07) is 19.6. The van der Waals surface area contributed by atoms with Crippen LogP contribution in [-0.4, -0.2) is 25.5 Å². The normalized spacial score (nSPS) is 11.4. The number of methoxy groups -OCH3 is 1. The van der Waals surface area contributed by atoms with Crippen LogP contribution in [-0.2, 0) is 15.6 Å². The van der Waals surface area contributed by atoms with Gasteiger partial charge >= 0.3 is 0 Å². The van der Waals surface area contributed by atoms with Gasteiger partial charge in [-0.05, 0) is 36.4 Å². The van der Waals surface area contributed by atoms with Gasteiger partial charge < -0.3 is 10.1 Å². The highest BCUT2D eigenvalue weighted by atomic mass is 32.2. The Labute approximate surface area is 173 Å². The Hall–Kier alpha value is -3.52. The van der Waals surface area contributed by atoms with Gasteiger partial charge in [-0.2, -0.15) is 0 Å². The maximum atomic E-state index is 13.7. The first-order valence-electron chi connectivity index (χ1n) is 9.10. The van der Waals surface area contributed by atoms with Gasteiger partial charge in [0.2, 0.25) is 0 Å². The largest absolute Gasteiger partial charge is 0.494 e. The lowest BCUT2D eigenvalue weighted by atomic mass is 10.2. The fraction of sp³-hybridized carbons (Fsp3) is 0.0909. The summed E-state index contributed by atoms with van der Waals surface area (Å²) in [4.78, 5) is 9.29. The van der Waals surface area contributed by atoms with Crippen molar-refractivity contribution in [1.82, 2.24) is 9.97 Å². The third-order valence-corrected chi connectivity index (χ3v) is 6.13. The number of hydrogen-bond donors (Lipinski definition) is 1. The van der Waals surface area contributed by atoms with E-state index in [1.165, 1.54) is 25.3 Å². The lowest BCUT2D eigenvalue weighted by molar-refractivity contribution is 0.387. The summed E-state index contributed by atoms with van der Waals surface area (Å²) in [6.45, 7) is 0. The molecule has 30 heavy (non-hydrogen) atoms. The Morgan fingerprint density at radius 1 is 0.933 bits per heavy atom. The number of para-hydroxylation sites is 2. The van der Waals surface area contributed by atoms with Crippen molar-refractivity contribution in [3.8, 4) is 5.75 Å². The Morgan fingerprint density at radius 3 is 2.30 bits per heavy atom. The van der Waals surface area contributed by atoms with E-state index in [4.69, 9.17) is 4.74 Å². The number of halogens is 1. The molecular weight excluding hydrogens is 405 g/mol. The molecule has 0 spiro atoms. The van der Waals surface area contributed by atoms with Crippen molar-refractivity contribution in [2.75, 3.05) is 12.4 Å². The fourth-order valence-corrected chi connectivity index (χ4v) is 4.30. The lowest BCUT2D eigenvalue weighted by Gasteiger charge is -2.13. The molecule has 6 nitrogen and oxygen atoms in total. The molecule has 0 unspecified atom stereocenters. The molecule has 1 aromatic heterocycles. The van der Waals surface area contributed by atoms with Crippen LogP contribution >= 0.6 is 0 Å². The highest BCUT2D eigenvalue weighted by Gasteiger charge is 2.20. The molecule has 3 aromatic carbocycles. The first-order chi connectivity index (χ1) is 14.5. The summed E-state index contributed by atoms with van der Waals surface area (Å²) < 4.78 is 44.6. The number of rotatable bonds is 6. The molecule has 0 aliphatic rings. The minimum atomic E-state index is -3.64. The van der Waals surface area contributed by atoms with E-state index < -0.39 is 15.7 Å². The number of benzene rings is 3. The van der Waals surface area contributed by atoms with Crippen LogP contribution in [0.25, 0.3) is 11.0 Å². The second-order valence-electron chi connectivity index (χ2n) is 6.55. The fourth-order valence-electron chi connectivity index (χ4n) is 3.00. The predicted molar refractivity (Wildman–Crippen MR) is 113 cm³/mol. The molecule has 0 saturated heterocycles. The van der Waals surface area contributed by atoms with Crippen LogP contribution in [0, 0.1) is 5.82 Å². The van der Waals surface area contributed by atoms with Gasteiger partial charge in [-0.15, -0.1) is 0 Å². The number of nitrogens with one attached hydrogen (secondary N) is 1. The molecule has 1 heterocycles. The summed E-state index contributed by atoms with van der Waals surface area (Å²) in [5.41, 5.74) is 1.95. The molecule has 4 rings (SSSR count). The number of hydrogen-bond acceptors (Lipinski definition) is 6. The zero-order valence-corrected chi connectivity index (χ0v) is 16.9. The Bertz CT molecular complexity index is 1310. The zero-order valence-electron chi connectivity index (χ0n) is 16.0. The van der Waals surface area contributed by atoms with Gasteiger partial charge in [0, 0.05) is 11.8 Å². The second-order valence-corrected chi connectivity index (χ2v) is 8.54. The standard InChI is InChI=1S/C22H18FN3O3S/c1-29-21-13-15(11-12-17(21)23)24-22-20(25-18-9-5-6-10-19(18)26-22)14-30(27,28)16-7-3-2-4-8-16/h2-13H,14H2,1H3,(H,24,26). The minimum absolute atomic E-state index is 0.0622. The molecule has 0 radical (unpaired) electrons. The van der Waals surface area contributed by atoms with Gasteiger partial charge in [0.05, 0.1) is 28.7 Å². The van der Waals surface area contributed by atoms with Crippen LogP contribution in [0.4, 0.5) is 15.9 Å². The van der Waals surface area contributed by atoms with Gasteiger partial charge in [0.15, 0.2) is 27.2 Å². The van der Waals surface area contributed by atoms with Crippen molar-refractivity contribution in [2.45, 2.75) is 10.6 Å². The quantitative estimate of drug-likeness (QED) is 0.492. The van der Waals surface area contributed by atoms with E-state index in [2.05, 4.69) is 15.3 Å². The number of anilines is 2. The van der Waals surface area contributed by atoms with E-state index in [0.29, 0.717) is 16.7 Å². The first-order valence-corrected chi connectivity index (χ1v) is 10.8. The van der Waals surface area contributed by atoms with Crippen LogP contribution in [0.1, 0.15) is 5.69 Å². The number of fused-ring (bicyclic) bond motifs is 1. The smallest absolute Gasteiger partial charge is 0.184 e. The predicted octanol–water partition coefficient (Wildman–Crippen LogP) is 4.50. The maximum absolute atomic E-state index is 13.7. The molecule has 0 bridgehead atoms. The molecule has 152 valence electrons. The third-order valence-electron chi connectivity index (χ3n) is 4.49. The minimum Gasteiger partial charge on any atom is -0.494 e. The number of nitrogens with zero attached hydrogens (tertiary/aromatic N) is 2. The summed E-state index contributed by atoms with van der Waals surface area (Å²) in [5.74, 6) is -0.496. The third kappa shape index (κ3) is 4.08. The molecule has 0 atom stereocenters. The summed E-state index contributed by atoms with van der Waals surface area (Å²) in [7, 11) is -2.27. The van der Waals surface area contributed by atoms with Crippen molar-refractivity contribution in [2.24, 2.45) is 0 Å². The van der Waals surface area contributed by atoms with E-state index in [0.717, 1.165) is 0 Å². The molecule has 0 aliphatic carbocycles. The number of sulfone groups is 1. The number of aromatic nitrogens is 2. The Balaban J connectivity index is 1.78. The molecule has 4 aromatic rings. The average molecular weight is 423 g/mol. The van der Waals surface area contributed by atoms with Crippen molar-refractivity contribution in [3.05, 3.63) is 84.3 Å². The zero-order chi connectivity index (χ0) is 21.1.